The van der Waals surface area contributed by atoms with E-state index in [0.29, 0.717) is 64.3 Å². The lowest BCUT2D eigenvalue weighted by molar-refractivity contribution is -0.163. The van der Waals surface area contributed by atoms with E-state index < -0.39 is 16.9 Å². The first-order chi connectivity index (χ1) is 30.2. The molecule has 326 valence electrons. The van der Waals surface area contributed by atoms with Crippen LogP contribution in [0.4, 0.5) is 11.4 Å². The Bertz CT molecular complexity index is 2610. The van der Waals surface area contributed by atoms with E-state index in [1.807, 2.05) is 24.3 Å². The zero-order chi connectivity index (χ0) is 43.9. The molecule has 1 aliphatic carbocycles. The summed E-state index contributed by atoms with van der Waals surface area (Å²) in [6, 6.07) is 23.0. The number of nitriles is 1. The van der Waals surface area contributed by atoms with Crippen molar-refractivity contribution in [1.82, 2.24) is 25.4 Å². The molecule has 14 heteroatoms. The summed E-state index contributed by atoms with van der Waals surface area (Å²) in [6.07, 6.45) is 3.77. The Balaban J connectivity index is 0.704. The highest BCUT2D eigenvalue weighted by molar-refractivity contribution is 6.05. The lowest BCUT2D eigenvalue weighted by atomic mass is 9.49. The summed E-state index contributed by atoms with van der Waals surface area (Å²) in [5.74, 6) is 0.293. The van der Waals surface area contributed by atoms with Gasteiger partial charge in [0.05, 0.1) is 11.1 Å². The number of piperidine rings is 3. The third-order valence-corrected chi connectivity index (χ3v) is 15.0. The van der Waals surface area contributed by atoms with Crippen LogP contribution >= 0.6 is 0 Å². The Morgan fingerprint density at radius 1 is 0.889 bits per heavy atom. The van der Waals surface area contributed by atoms with E-state index in [1.165, 1.54) is 12.5 Å². The van der Waals surface area contributed by atoms with Gasteiger partial charge in [-0.2, -0.15) is 5.26 Å². The molecule has 2 bridgehead atoms. The molecular formula is C49H54N8O6. The molecule has 3 N–H and O–H groups in total. The maximum Gasteiger partial charge on any atom is 0.255 e. The van der Waals surface area contributed by atoms with Crippen LogP contribution in [-0.4, -0.2) is 101 Å². The molecule has 4 amide bonds. The average molecular weight is 851 g/mol. The van der Waals surface area contributed by atoms with E-state index >= 15 is 0 Å². The molecule has 7 aliphatic rings. The first kappa shape index (κ1) is 40.8. The maximum atomic E-state index is 13.7. The third kappa shape index (κ3) is 7.01. The van der Waals surface area contributed by atoms with Crippen LogP contribution in [0.3, 0.4) is 0 Å². The van der Waals surface area contributed by atoms with Gasteiger partial charge in [-0.25, -0.2) is 0 Å². The van der Waals surface area contributed by atoms with Crippen molar-refractivity contribution < 1.29 is 23.9 Å². The summed E-state index contributed by atoms with van der Waals surface area (Å²) < 4.78 is 6.64. The fraction of sp³-hybridized carbons (Fsp3) is 0.469. The second-order valence-corrected chi connectivity index (χ2v) is 19.8. The number of nitrogens with zero attached hydrogens (tertiary/aromatic N) is 5. The predicted molar refractivity (Wildman–Crippen MR) is 237 cm³/mol. The summed E-state index contributed by atoms with van der Waals surface area (Å²) >= 11 is 0. The first-order valence-corrected chi connectivity index (χ1v) is 22.4. The van der Waals surface area contributed by atoms with E-state index in [1.54, 1.807) is 23.1 Å². The molecule has 3 aromatic carbocycles. The zero-order valence-corrected chi connectivity index (χ0v) is 36.3. The fourth-order valence-corrected chi connectivity index (χ4v) is 12.1. The predicted octanol–water partition coefficient (Wildman–Crippen LogP) is 4.95. The van der Waals surface area contributed by atoms with Gasteiger partial charge in [0.1, 0.15) is 24.0 Å². The largest absolute Gasteiger partial charge is 0.488 e. The van der Waals surface area contributed by atoms with Crippen LogP contribution in [0.2, 0.25) is 0 Å². The standard InChI is InChI=1S/C49H54N8O6/c1-48(2)46(49(3,4)47(48)63-39-14-7-30(23-50)42-37(39)12-15-40(58)51-42)53-43(60)29-5-8-32(9-6-29)57-34-22-35(57)27-54(26-34)24-28-17-19-55(20-18-28)33-10-11-36-31(21-33)25-56(45(36)62)38-13-16-41(59)52-44(38)61/h5-12,14-15,21,28,34-35,38,46-47H,13,16-20,22,24-27H2,1-4H3,(H,51,58)(H,53,60)(H,52,59,61). The minimum atomic E-state index is -0.605. The molecule has 4 aromatic rings. The van der Waals surface area contributed by atoms with Gasteiger partial charge >= 0.3 is 0 Å². The monoisotopic (exact) mass is 850 g/mol. The Morgan fingerprint density at radius 2 is 1.60 bits per heavy atom. The molecule has 1 saturated carbocycles. The Kier molecular flexibility index (Phi) is 9.89. The molecule has 5 saturated heterocycles. The molecule has 6 aliphatic heterocycles. The number of piperazine rings is 1. The molecule has 63 heavy (non-hydrogen) atoms. The highest BCUT2D eigenvalue weighted by atomic mass is 16.5. The second-order valence-electron chi connectivity index (χ2n) is 19.8. The summed E-state index contributed by atoms with van der Waals surface area (Å²) in [4.78, 5) is 75.1. The van der Waals surface area contributed by atoms with E-state index in [2.05, 4.69) is 82.3 Å². The van der Waals surface area contributed by atoms with Crippen LogP contribution in [0.1, 0.15) is 91.6 Å². The molecular weight excluding hydrogens is 797 g/mol. The highest BCUT2D eigenvalue weighted by Crippen LogP contribution is 2.56. The molecule has 14 nitrogen and oxygen atoms in total. The van der Waals surface area contributed by atoms with Crippen molar-refractivity contribution in [3.8, 4) is 11.8 Å². The number of carbonyl (C=O) groups is 4. The summed E-state index contributed by atoms with van der Waals surface area (Å²) in [6.45, 7) is 13.9. The molecule has 0 spiro atoms. The van der Waals surface area contributed by atoms with Gasteiger partial charge in [-0.3, -0.25) is 34.2 Å². The number of hydrogen-bond donors (Lipinski definition) is 3. The number of nitrogens with one attached hydrogen (secondary N) is 3. The minimum Gasteiger partial charge on any atom is -0.488 e. The molecule has 1 aromatic heterocycles. The van der Waals surface area contributed by atoms with Crippen molar-refractivity contribution in [2.45, 2.75) is 96.6 Å². The molecule has 3 unspecified atom stereocenters. The number of hydrogen-bond acceptors (Lipinski definition) is 10. The smallest absolute Gasteiger partial charge is 0.255 e. The number of aromatic nitrogens is 1. The maximum absolute atomic E-state index is 13.7. The van der Waals surface area contributed by atoms with Gasteiger partial charge in [-0.1, -0.05) is 27.7 Å². The average Bonchev–Trinajstić information content (AvgIpc) is 3.59. The van der Waals surface area contributed by atoms with Crippen LogP contribution < -0.4 is 30.7 Å². The Hall–Kier alpha value is -6.20. The molecule has 0 radical (unpaired) electrons. The Labute approximate surface area is 366 Å². The normalized spacial score (nSPS) is 26.4. The molecule has 7 heterocycles. The number of imide groups is 1. The number of amides is 4. The highest BCUT2D eigenvalue weighted by Gasteiger charge is 2.64. The van der Waals surface area contributed by atoms with E-state index in [9.17, 15) is 29.2 Å². The van der Waals surface area contributed by atoms with Crippen LogP contribution in [-0.2, 0) is 16.1 Å². The number of aromatic amines is 1. The number of pyridine rings is 1. The SMILES string of the molecule is CC1(C)C(NC(=O)c2ccc(N3C4CC3CN(CC3CCN(c5ccc6c(c5)CN(C5CCC(=O)NC5=O)C6=O)CC3)C4)cc2)C(C)(C)C1Oc1ccc(C#N)c2[nH]c(=O)ccc12. The molecule has 6 fully saturated rings. The molecule has 11 rings (SSSR count). The number of rotatable bonds is 9. The van der Waals surface area contributed by atoms with Gasteiger partial charge in [0.15, 0.2) is 0 Å². The van der Waals surface area contributed by atoms with Gasteiger partial charge in [0.25, 0.3) is 11.8 Å². The van der Waals surface area contributed by atoms with Crippen molar-refractivity contribution in [3.05, 3.63) is 99.3 Å². The molecule has 3 atom stereocenters. The van der Waals surface area contributed by atoms with Crippen molar-refractivity contribution in [1.29, 1.82) is 5.26 Å². The number of H-pyrrole nitrogens is 1. The summed E-state index contributed by atoms with van der Waals surface area (Å²) in [5.41, 5.74) is 4.23. The fourth-order valence-electron chi connectivity index (χ4n) is 12.1. The third-order valence-electron chi connectivity index (χ3n) is 15.0. The number of fused-ring (bicyclic) bond motifs is 4. The van der Waals surface area contributed by atoms with Gasteiger partial charge in [0.2, 0.25) is 17.4 Å². The van der Waals surface area contributed by atoms with E-state index in [4.69, 9.17) is 4.74 Å². The number of carbonyl (C=O) groups excluding carboxylic acids is 4. The lowest BCUT2D eigenvalue weighted by Gasteiger charge is -2.63. The van der Waals surface area contributed by atoms with Crippen LogP contribution in [0.5, 0.6) is 5.75 Å². The summed E-state index contributed by atoms with van der Waals surface area (Å²) in [5, 5.41) is 16.0. The first-order valence-electron chi connectivity index (χ1n) is 22.4. The van der Waals surface area contributed by atoms with Gasteiger partial charge in [-0.05, 0) is 97.8 Å². The van der Waals surface area contributed by atoms with E-state index in [0.717, 1.165) is 62.5 Å². The number of anilines is 2. The van der Waals surface area contributed by atoms with E-state index in [-0.39, 0.29) is 47.8 Å². The van der Waals surface area contributed by atoms with Crippen molar-refractivity contribution in [2.75, 3.05) is 42.5 Å². The quantitative estimate of drug-likeness (QED) is 0.196. The zero-order valence-electron chi connectivity index (χ0n) is 36.3. The van der Waals surface area contributed by atoms with Gasteiger partial charge in [0, 0.05) is 109 Å². The number of benzene rings is 3. The van der Waals surface area contributed by atoms with Crippen molar-refractivity contribution in [3.63, 3.8) is 0 Å². The van der Waals surface area contributed by atoms with Gasteiger partial charge in [-0.15, -0.1) is 0 Å². The minimum absolute atomic E-state index is 0.115. The van der Waals surface area contributed by atoms with Crippen molar-refractivity contribution >= 4 is 45.9 Å². The second kappa shape index (κ2) is 15.3. The van der Waals surface area contributed by atoms with Crippen LogP contribution in [0.15, 0.2) is 71.5 Å². The van der Waals surface area contributed by atoms with Crippen LogP contribution in [0, 0.1) is 28.1 Å². The lowest BCUT2D eigenvalue weighted by Crippen LogP contribution is -2.74. The van der Waals surface area contributed by atoms with Crippen LogP contribution in [0.25, 0.3) is 10.9 Å². The van der Waals surface area contributed by atoms with Gasteiger partial charge < -0.3 is 29.7 Å². The van der Waals surface area contributed by atoms with Crippen molar-refractivity contribution in [2.24, 2.45) is 16.7 Å². The summed E-state index contributed by atoms with van der Waals surface area (Å²) in [7, 11) is 0. The topological polar surface area (TPSA) is 171 Å². The Morgan fingerprint density at radius 3 is 2.30 bits per heavy atom. The number of ether oxygens (including phenoxy) is 1.